The van der Waals surface area contributed by atoms with Crippen molar-refractivity contribution < 1.29 is 18.3 Å². The highest BCUT2D eigenvalue weighted by molar-refractivity contribution is 6.11. The Bertz CT molecular complexity index is 695. The maximum absolute atomic E-state index is 13.8. The topological polar surface area (TPSA) is 26.3 Å². The number of hydrogen-bond acceptors (Lipinski definition) is 2. The van der Waals surface area contributed by atoms with Crippen LogP contribution in [0.2, 0.25) is 0 Å². The van der Waals surface area contributed by atoms with Gasteiger partial charge in [-0.25, -0.2) is 8.78 Å². The summed E-state index contributed by atoms with van der Waals surface area (Å²) in [7, 11) is 0. The van der Waals surface area contributed by atoms with E-state index in [4.69, 9.17) is 4.74 Å². The normalized spacial score (nSPS) is 14.0. The van der Waals surface area contributed by atoms with Crippen molar-refractivity contribution in [3.63, 3.8) is 0 Å². The molecule has 108 valence electrons. The van der Waals surface area contributed by atoms with Gasteiger partial charge in [-0.05, 0) is 49.1 Å². The number of hydrogen-bond donors (Lipinski definition) is 0. The van der Waals surface area contributed by atoms with E-state index in [-0.39, 0.29) is 11.1 Å². The van der Waals surface area contributed by atoms with Gasteiger partial charge >= 0.3 is 0 Å². The fourth-order valence-corrected chi connectivity index (χ4v) is 2.55. The second kappa shape index (κ2) is 5.64. The van der Waals surface area contributed by atoms with Crippen LogP contribution < -0.4 is 4.74 Å². The molecule has 0 spiro atoms. The Hall–Kier alpha value is -2.23. The van der Waals surface area contributed by atoms with E-state index in [9.17, 15) is 13.6 Å². The molecular formula is C17H14F2O2. The van der Waals surface area contributed by atoms with Crippen LogP contribution in [-0.4, -0.2) is 12.4 Å². The van der Waals surface area contributed by atoms with E-state index < -0.39 is 17.4 Å². The molecule has 0 amide bonds. The van der Waals surface area contributed by atoms with Crippen molar-refractivity contribution in [2.45, 2.75) is 19.3 Å². The Morgan fingerprint density at radius 2 is 1.90 bits per heavy atom. The fourth-order valence-electron chi connectivity index (χ4n) is 2.55. The summed E-state index contributed by atoms with van der Waals surface area (Å²) in [6, 6.07) is 7.96. The zero-order chi connectivity index (χ0) is 14.8. The van der Waals surface area contributed by atoms with Crippen molar-refractivity contribution in [3.05, 3.63) is 64.7 Å². The maximum Gasteiger partial charge on any atom is 0.196 e. The Kier molecular flexibility index (Phi) is 3.69. The predicted octanol–water partition coefficient (Wildman–Crippen LogP) is 3.91. The lowest BCUT2D eigenvalue weighted by atomic mass is 9.98. The van der Waals surface area contributed by atoms with Gasteiger partial charge in [-0.1, -0.05) is 12.1 Å². The van der Waals surface area contributed by atoms with Gasteiger partial charge in [-0.15, -0.1) is 0 Å². The second-order valence-corrected chi connectivity index (χ2v) is 5.09. The van der Waals surface area contributed by atoms with Crippen LogP contribution in [0.1, 0.15) is 34.3 Å². The van der Waals surface area contributed by atoms with E-state index >= 15 is 0 Å². The molecule has 0 aliphatic carbocycles. The number of ether oxygens (including phenoxy) is 1. The van der Waals surface area contributed by atoms with Gasteiger partial charge in [0.15, 0.2) is 5.78 Å². The number of carbonyl (C=O) groups excluding carboxylic acids is 1. The summed E-state index contributed by atoms with van der Waals surface area (Å²) in [6.45, 7) is 0.502. The highest BCUT2D eigenvalue weighted by Gasteiger charge is 2.21. The van der Waals surface area contributed by atoms with Crippen LogP contribution in [0.5, 0.6) is 5.75 Å². The van der Waals surface area contributed by atoms with Crippen LogP contribution in [0.3, 0.4) is 0 Å². The second-order valence-electron chi connectivity index (χ2n) is 5.09. The lowest BCUT2D eigenvalue weighted by Gasteiger charge is -2.12. The third-order valence-corrected chi connectivity index (χ3v) is 3.55. The summed E-state index contributed by atoms with van der Waals surface area (Å²) in [5, 5.41) is 0. The van der Waals surface area contributed by atoms with Crippen molar-refractivity contribution in [1.29, 1.82) is 0 Å². The van der Waals surface area contributed by atoms with Crippen LogP contribution in [0.15, 0.2) is 36.4 Å². The summed E-state index contributed by atoms with van der Waals surface area (Å²) in [5.74, 6) is -0.960. The molecular weight excluding hydrogens is 274 g/mol. The van der Waals surface area contributed by atoms with E-state index in [1.54, 1.807) is 0 Å². The summed E-state index contributed by atoms with van der Waals surface area (Å²) < 4.78 is 32.7. The number of ketones is 1. The smallest absolute Gasteiger partial charge is 0.196 e. The molecule has 2 aromatic rings. The molecule has 2 nitrogen and oxygen atoms in total. The molecule has 1 aliphatic heterocycles. The maximum atomic E-state index is 13.8. The van der Waals surface area contributed by atoms with E-state index in [1.807, 2.05) is 0 Å². The van der Waals surface area contributed by atoms with E-state index in [1.165, 1.54) is 24.3 Å². The van der Waals surface area contributed by atoms with Crippen LogP contribution >= 0.6 is 0 Å². The lowest BCUT2D eigenvalue weighted by molar-refractivity contribution is 0.103. The van der Waals surface area contributed by atoms with Crippen molar-refractivity contribution >= 4 is 5.78 Å². The highest BCUT2D eigenvalue weighted by Crippen LogP contribution is 2.31. The number of carbonyl (C=O) groups is 1. The molecule has 0 unspecified atom stereocenters. The summed E-state index contributed by atoms with van der Waals surface area (Å²) >= 11 is 0. The van der Waals surface area contributed by atoms with Gasteiger partial charge in [0, 0.05) is 5.56 Å². The number of aryl methyl sites for hydroxylation is 1. The minimum atomic E-state index is -0.496. The Morgan fingerprint density at radius 1 is 1.05 bits per heavy atom. The number of rotatable bonds is 2. The summed E-state index contributed by atoms with van der Waals surface area (Å²) in [4.78, 5) is 12.5. The molecule has 4 heteroatoms. The Labute approximate surface area is 121 Å². The van der Waals surface area contributed by atoms with Gasteiger partial charge in [-0.3, -0.25) is 4.79 Å². The fraction of sp³-hybridized carbons (Fsp3) is 0.235. The first-order valence-electron chi connectivity index (χ1n) is 6.90. The molecule has 0 fully saturated rings. The molecule has 0 atom stereocenters. The Balaban J connectivity index is 2.09. The van der Waals surface area contributed by atoms with Gasteiger partial charge in [0.1, 0.15) is 17.4 Å². The van der Waals surface area contributed by atoms with Crippen LogP contribution in [0.4, 0.5) is 8.78 Å². The third kappa shape index (κ3) is 2.79. The molecule has 1 aliphatic rings. The van der Waals surface area contributed by atoms with E-state index in [0.29, 0.717) is 24.3 Å². The number of halogens is 2. The quantitative estimate of drug-likeness (QED) is 0.783. The number of benzene rings is 2. The molecule has 21 heavy (non-hydrogen) atoms. The first-order valence-corrected chi connectivity index (χ1v) is 6.90. The average Bonchev–Trinajstić information content (AvgIpc) is 2.71. The van der Waals surface area contributed by atoms with Crippen LogP contribution in [-0.2, 0) is 6.42 Å². The van der Waals surface area contributed by atoms with Gasteiger partial charge < -0.3 is 4.74 Å². The molecule has 0 bridgehead atoms. The predicted molar refractivity (Wildman–Crippen MR) is 74.7 cm³/mol. The molecule has 3 rings (SSSR count). The van der Waals surface area contributed by atoms with Crippen LogP contribution in [0.25, 0.3) is 0 Å². The SMILES string of the molecule is O=C(c1cccc(F)c1)c1cc(F)cc2c1OCCCC2. The average molecular weight is 288 g/mol. The molecule has 2 aromatic carbocycles. The standard InChI is InChI=1S/C17H14F2O2/c18-13-6-3-5-11(8-13)16(20)15-10-14(19)9-12-4-1-2-7-21-17(12)15/h3,5-6,8-10H,1-2,4,7H2. The zero-order valence-electron chi connectivity index (χ0n) is 11.4. The summed E-state index contributed by atoms with van der Waals surface area (Å²) in [6.07, 6.45) is 2.43. The van der Waals surface area contributed by atoms with Gasteiger partial charge in [0.25, 0.3) is 0 Å². The first kappa shape index (κ1) is 13.7. The van der Waals surface area contributed by atoms with Gasteiger partial charge in [-0.2, -0.15) is 0 Å². The molecule has 0 N–H and O–H groups in total. The van der Waals surface area contributed by atoms with Crippen molar-refractivity contribution in [3.8, 4) is 5.75 Å². The highest BCUT2D eigenvalue weighted by atomic mass is 19.1. The molecule has 1 heterocycles. The molecule has 0 saturated heterocycles. The number of fused-ring (bicyclic) bond motifs is 1. The van der Waals surface area contributed by atoms with Crippen molar-refractivity contribution in [2.75, 3.05) is 6.61 Å². The molecule has 0 radical (unpaired) electrons. The van der Waals surface area contributed by atoms with Crippen molar-refractivity contribution in [2.24, 2.45) is 0 Å². The summed E-state index contributed by atoms with van der Waals surface area (Å²) in [5.41, 5.74) is 1.06. The minimum absolute atomic E-state index is 0.164. The monoisotopic (exact) mass is 288 g/mol. The largest absolute Gasteiger partial charge is 0.493 e. The van der Waals surface area contributed by atoms with Gasteiger partial charge in [0.2, 0.25) is 0 Å². The lowest BCUT2D eigenvalue weighted by Crippen LogP contribution is -2.08. The minimum Gasteiger partial charge on any atom is -0.493 e. The molecule has 0 saturated carbocycles. The van der Waals surface area contributed by atoms with Gasteiger partial charge in [0.05, 0.1) is 12.2 Å². The first-order chi connectivity index (χ1) is 10.1. The molecule has 0 aromatic heterocycles. The van der Waals surface area contributed by atoms with E-state index in [2.05, 4.69) is 0 Å². The van der Waals surface area contributed by atoms with E-state index in [0.717, 1.165) is 25.0 Å². The third-order valence-electron chi connectivity index (χ3n) is 3.55. The van der Waals surface area contributed by atoms with Crippen LogP contribution in [0, 0.1) is 11.6 Å². The zero-order valence-corrected chi connectivity index (χ0v) is 11.4. The van der Waals surface area contributed by atoms with Crippen molar-refractivity contribution in [1.82, 2.24) is 0 Å². The Morgan fingerprint density at radius 3 is 2.71 bits per heavy atom.